The van der Waals surface area contributed by atoms with Crippen molar-refractivity contribution in [2.24, 2.45) is 0 Å². The first-order valence-electron chi connectivity index (χ1n) is 7.15. The summed E-state index contributed by atoms with van der Waals surface area (Å²) >= 11 is 0. The highest BCUT2D eigenvalue weighted by Crippen LogP contribution is 2.47. The third-order valence-corrected chi connectivity index (χ3v) is 4.11. The quantitative estimate of drug-likeness (QED) is 0.639. The molecule has 1 N–H and O–H groups in total. The van der Waals surface area contributed by atoms with Gasteiger partial charge in [-0.1, -0.05) is 6.07 Å². The molecule has 2 heterocycles. The van der Waals surface area contributed by atoms with Crippen molar-refractivity contribution < 1.29 is 18.7 Å². The lowest BCUT2D eigenvalue weighted by atomic mass is 9.85. The van der Waals surface area contributed by atoms with Crippen LogP contribution in [0.15, 0.2) is 45.6 Å². The number of halogens is 1. The zero-order valence-electron chi connectivity index (χ0n) is 12.5. The average molecular weight is 312 g/mol. The van der Waals surface area contributed by atoms with E-state index in [4.69, 9.17) is 9.15 Å². The van der Waals surface area contributed by atoms with E-state index in [9.17, 15) is 14.3 Å². The summed E-state index contributed by atoms with van der Waals surface area (Å²) in [7, 11) is 0. The lowest BCUT2D eigenvalue weighted by Crippen LogP contribution is -2.29. The molecule has 23 heavy (non-hydrogen) atoms. The van der Waals surface area contributed by atoms with Gasteiger partial charge in [0.15, 0.2) is 0 Å². The van der Waals surface area contributed by atoms with Gasteiger partial charge in [-0.25, -0.2) is 9.18 Å². The number of aromatic hydroxyl groups is 1. The molecule has 0 fully saturated rings. The summed E-state index contributed by atoms with van der Waals surface area (Å²) in [5.74, 6) is 0.0291. The van der Waals surface area contributed by atoms with E-state index < -0.39 is 11.2 Å². The van der Waals surface area contributed by atoms with Gasteiger partial charge in [0.2, 0.25) is 0 Å². The van der Waals surface area contributed by atoms with Crippen molar-refractivity contribution in [2.75, 3.05) is 0 Å². The zero-order chi connectivity index (χ0) is 16.4. The second-order valence-electron chi connectivity index (χ2n) is 6.10. The van der Waals surface area contributed by atoms with E-state index >= 15 is 0 Å². The molecule has 0 aliphatic carbocycles. The maximum Gasteiger partial charge on any atom is 0.339 e. The molecule has 0 amide bonds. The van der Waals surface area contributed by atoms with E-state index in [2.05, 4.69) is 0 Å². The van der Waals surface area contributed by atoms with Crippen LogP contribution < -0.4 is 10.4 Å². The first-order chi connectivity index (χ1) is 10.8. The van der Waals surface area contributed by atoms with Crippen LogP contribution in [0.5, 0.6) is 11.5 Å². The van der Waals surface area contributed by atoms with Gasteiger partial charge < -0.3 is 14.3 Å². The summed E-state index contributed by atoms with van der Waals surface area (Å²) in [5.41, 5.74) is 1.15. The van der Waals surface area contributed by atoms with Gasteiger partial charge in [0, 0.05) is 17.2 Å². The van der Waals surface area contributed by atoms with Crippen LogP contribution in [0.2, 0.25) is 0 Å². The summed E-state index contributed by atoms with van der Waals surface area (Å²) in [4.78, 5) is 11.4. The molecule has 116 valence electrons. The Labute approximate surface area is 130 Å². The van der Waals surface area contributed by atoms with Crippen LogP contribution in [0.25, 0.3) is 22.1 Å². The number of benzene rings is 2. The van der Waals surface area contributed by atoms with Crippen LogP contribution >= 0.6 is 0 Å². The normalized spacial score (nSPS) is 14.9. The molecule has 5 heteroatoms. The number of hydrogen-bond donors (Lipinski definition) is 1. The van der Waals surface area contributed by atoms with Gasteiger partial charge in [-0.05, 0) is 37.6 Å². The molecule has 0 radical (unpaired) electrons. The standard InChI is InChI=1S/C18H13FO4/c1-18(2)13-5-9(19)3-4-10(13)11-6-12-14(20)7-17(21)22-15(12)8-16(11)23-18/h3-8,20H,1-2H3. The van der Waals surface area contributed by atoms with Gasteiger partial charge >= 0.3 is 5.63 Å². The predicted molar refractivity (Wildman–Crippen MR) is 83.2 cm³/mol. The maximum absolute atomic E-state index is 13.6. The first kappa shape index (κ1) is 13.8. The van der Waals surface area contributed by atoms with Crippen LogP contribution in [0, 0.1) is 5.82 Å². The molecule has 1 aliphatic rings. The van der Waals surface area contributed by atoms with Gasteiger partial charge in [-0.2, -0.15) is 0 Å². The average Bonchev–Trinajstić information content (AvgIpc) is 2.45. The molecular formula is C18H13FO4. The van der Waals surface area contributed by atoms with Crippen LogP contribution in [0.3, 0.4) is 0 Å². The fourth-order valence-corrected chi connectivity index (χ4v) is 3.05. The Morgan fingerprint density at radius 2 is 1.87 bits per heavy atom. The highest BCUT2D eigenvalue weighted by Gasteiger charge is 2.33. The van der Waals surface area contributed by atoms with Crippen molar-refractivity contribution in [2.45, 2.75) is 19.4 Å². The Hall–Kier alpha value is -2.82. The van der Waals surface area contributed by atoms with Gasteiger partial charge in [0.05, 0.1) is 11.5 Å². The topological polar surface area (TPSA) is 59.7 Å². The number of fused-ring (bicyclic) bond motifs is 4. The van der Waals surface area contributed by atoms with Gasteiger partial charge in [0.1, 0.15) is 28.5 Å². The summed E-state index contributed by atoms with van der Waals surface area (Å²) in [6.07, 6.45) is 0. The maximum atomic E-state index is 13.6. The number of hydrogen-bond acceptors (Lipinski definition) is 4. The fourth-order valence-electron chi connectivity index (χ4n) is 3.05. The largest absolute Gasteiger partial charge is 0.507 e. The van der Waals surface area contributed by atoms with E-state index in [0.717, 1.165) is 22.8 Å². The molecule has 0 unspecified atom stereocenters. The Bertz CT molecular complexity index is 1020. The molecule has 0 saturated heterocycles. The van der Waals surface area contributed by atoms with E-state index in [-0.39, 0.29) is 17.1 Å². The second-order valence-corrected chi connectivity index (χ2v) is 6.10. The molecule has 2 aromatic carbocycles. The van der Waals surface area contributed by atoms with Crippen LogP contribution in [-0.4, -0.2) is 5.11 Å². The molecule has 0 spiro atoms. The van der Waals surface area contributed by atoms with Crippen molar-refractivity contribution in [1.82, 2.24) is 0 Å². The number of rotatable bonds is 0. The minimum Gasteiger partial charge on any atom is -0.507 e. The van der Waals surface area contributed by atoms with Crippen molar-refractivity contribution in [1.29, 1.82) is 0 Å². The van der Waals surface area contributed by atoms with Gasteiger partial charge in [0.25, 0.3) is 0 Å². The van der Waals surface area contributed by atoms with E-state index in [1.54, 1.807) is 18.2 Å². The van der Waals surface area contributed by atoms with Gasteiger partial charge in [-0.15, -0.1) is 0 Å². The molecule has 3 aromatic rings. The molecule has 1 aliphatic heterocycles. The van der Waals surface area contributed by atoms with Crippen molar-refractivity contribution >= 4 is 11.0 Å². The Kier molecular flexibility index (Phi) is 2.61. The molecule has 0 atom stereocenters. The Morgan fingerprint density at radius 3 is 2.65 bits per heavy atom. The van der Waals surface area contributed by atoms with E-state index in [1.165, 1.54) is 12.1 Å². The molecule has 4 rings (SSSR count). The van der Waals surface area contributed by atoms with Crippen LogP contribution in [-0.2, 0) is 5.60 Å². The van der Waals surface area contributed by atoms with E-state index in [1.807, 2.05) is 13.8 Å². The summed E-state index contributed by atoms with van der Waals surface area (Å²) in [6.45, 7) is 3.69. The molecule has 0 saturated carbocycles. The lowest BCUT2D eigenvalue weighted by molar-refractivity contribution is 0.105. The summed E-state index contributed by atoms with van der Waals surface area (Å²) in [6, 6.07) is 8.82. The third-order valence-electron chi connectivity index (χ3n) is 4.11. The van der Waals surface area contributed by atoms with Crippen molar-refractivity contribution in [3.63, 3.8) is 0 Å². The molecule has 1 aromatic heterocycles. The summed E-state index contributed by atoms with van der Waals surface area (Å²) in [5, 5.41) is 10.4. The highest BCUT2D eigenvalue weighted by atomic mass is 19.1. The van der Waals surface area contributed by atoms with Crippen molar-refractivity contribution in [3.05, 3.63) is 58.2 Å². The predicted octanol–water partition coefficient (Wildman–Crippen LogP) is 3.93. The monoisotopic (exact) mass is 312 g/mol. The Morgan fingerprint density at radius 1 is 1.09 bits per heavy atom. The molecular weight excluding hydrogens is 299 g/mol. The molecule has 0 bridgehead atoms. The number of ether oxygens (including phenoxy) is 1. The smallest absolute Gasteiger partial charge is 0.339 e. The zero-order valence-corrected chi connectivity index (χ0v) is 12.5. The van der Waals surface area contributed by atoms with Crippen LogP contribution in [0.4, 0.5) is 4.39 Å². The minimum atomic E-state index is -0.727. The SMILES string of the molecule is CC1(C)Oc2cc3oc(=O)cc(O)c3cc2-c2ccc(F)cc21. The fraction of sp³-hybridized carbons (Fsp3) is 0.167. The Balaban J connectivity index is 2.09. The highest BCUT2D eigenvalue weighted by molar-refractivity contribution is 5.92. The van der Waals surface area contributed by atoms with E-state index in [0.29, 0.717) is 11.1 Å². The molecule has 4 nitrogen and oxygen atoms in total. The second kappa shape index (κ2) is 4.35. The third kappa shape index (κ3) is 2.00. The first-order valence-corrected chi connectivity index (χ1v) is 7.15. The van der Waals surface area contributed by atoms with Gasteiger partial charge in [-0.3, -0.25) is 0 Å². The van der Waals surface area contributed by atoms with Crippen molar-refractivity contribution in [3.8, 4) is 22.6 Å². The van der Waals surface area contributed by atoms with Crippen LogP contribution in [0.1, 0.15) is 19.4 Å². The summed E-state index contributed by atoms with van der Waals surface area (Å²) < 4.78 is 24.7. The minimum absolute atomic E-state index is 0.160. The lowest BCUT2D eigenvalue weighted by Gasteiger charge is -2.35.